The lowest BCUT2D eigenvalue weighted by Crippen LogP contribution is -2.67. The second kappa shape index (κ2) is 8.36. The molecule has 0 bridgehead atoms. The molecule has 7 heteroatoms. The first-order valence-electron chi connectivity index (χ1n) is 11.9. The predicted octanol–water partition coefficient (Wildman–Crippen LogP) is 2.45. The summed E-state index contributed by atoms with van der Waals surface area (Å²) in [4.78, 5) is 16.9. The number of amides is 1. The Balaban J connectivity index is 1.60. The van der Waals surface area contributed by atoms with Gasteiger partial charge in [0.1, 0.15) is 5.75 Å². The molecule has 3 aliphatic heterocycles. The zero-order valence-electron chi connectivity index (χ0n) is 19.5. The highest BCUT2D eigenvalue weighted by atomic mass is 16.5. The molecule has 2 aromatic rings. The molecular weight excluding hydrogens is 406 g/mol. The molecule has 3 aliphatic rings. The van der Waals surface area contributed by atoms with Gasteiger partial charge in [-0.15, -0.1) is 0 Å². The number of hydrogen-bond donors (Lipinski definition) is 1. The van der Waals surface area contributed by atoms with Gasteiger partial charge in [0.15, 0.2) is 0 Å². The van der Waals surface area contributed by atoms with E-state index < -0.39 is 0 Å². The molecule has 2 saturated heterocycles. The van der Waals surface area contributed by atoms with Gasteiger partial charge in [0, 0.05) is 75.4 Å². The van der Waals surface area contributed by atoms with Crippen molar-refractivity contribution in [2.75, 3.05) is 53.1 Å². The molecular formula is C25H35N3O4. The molecule has 0 saturated carbocycles. The van der Waals surface area contributed by atoms with Gasteiger partial charge in [0.25, 0.3) is 0 Å². The number of ether oxygens (including phenoxy) is 2. The van der Waals surface area contributed by atoms with Gasteiger partial charge in [0.2, 0.25) is 5.91 Å². The van der Waals surface area contributed by atoms with E-state index in [1.54, 1.807) is 7.11 Å². The molecule has 0 radical (unpaired) electrons. The molecule has 174 valence electrons. The number of benzene rings is 1. The van der Waals surface area contributed by atoms with Crippen molar-refractivity contribution >= 4 is 16.8 Å². The van der Waals surface area contributed by atoms with Gasteiger partial charge >= 0.3 is 0 Å². The Morgan fingerprint density at radius 1 is 1.25 bits per heavy atom. The van der Waals surface area contributed by atoms with Gasteiger partial charge in [-0.05, 0) is 36.5 Å². The van der Waals surface area contributed by atoms with Gasteiger partial charge in [0.05, 0.1) is 25.3 Å². The molecule has 1 aromatic carbocycles. The topological polar surface area (TPSA) is 67.2 Å². The van der Waals surface area contributed by atoms with Gasteiger partial charge in [-0.25, -0.2) is 0 Å². The van der Waals surface area contributed by atoms with E-state index in [1.807, 2.05) is 17.9 Å². The summed E-state index contributed by atoms with van der Waals surface area (Å²) in [6, 6.07) is 6.22. The zero-order valence-corrected chi connectivity index (χ0v) is 19.5. The highest BCUT2D eigenvalue weighted by Gasteiger charge is 2.54. The van der Waals surface area contributed by atoms with E-state index >= 15 is 0 Å². The molecule has 1 atom stereocenters. The normalized spacial score (nSPS) is 23.4. The summed E-state index contributed by atoms with van der Waals surface area (Å²) in [5.41, 5.74) is 3.54. The van der Waals surface area contributed by atoms with Gasteiger partial charge in [-0.1, -0.05) is 6.92 Å². The third-order valence-corrected chi connectivity index (χ3v) is 7.89. The Labute approximate surface area is 189 Å². The number of hydrogen-bond acceptors (Lipinski definition) is 5. The monoisotopic (exact) mass is 441 g/mol. The largest absolute Gasteiger partial charge is 0.497 e. The molecule has 1 aromatic heterocycles. The summed E-state index contributed by atoms with van der Waals surface area (Å²) in [6.07, 6.45) is 2.68. The van der Waals surface area contributed by atoms with Gasteiger partial charge in [-0.3, -0.25) is 9.69 Å². The summed E-state index contributed by atoms with van der Waals surface area (Å²) < 4.78 is 13.3. The summed E-state index contributed by atoms with van der Waals surface area (Å²) in [5.74, 6) is 1.64. The summed E-state index contributed by atoms with van der Waals surface area (Å²) in [6.45, 7) is 7.01. The predicted molar refractivity (Wildman–Crippen MR) is 123 cm³/mol. The van der Waals surface area contributed by atoms with Crippen LogP contribution in [0.1, 0.15) is 43.5 Å². The minimum Gasteiger partial charge on any atom is -0.497 e. The van der Waals surface area contributed by atoms with Gasteiger partial charge < -0.3 is 24.0 Å². The van der Waals surface area contributed by atoms with Crippen LogP contribution < -0.4 is 4.74 Å². The van der Waals surface area contributed by atoms with Crippen LogP contribution in [0.2, 0.25) is 0 Å². The third-order valence-electron chi connectivity index (χ3n) is 7.89. The maximum atomic E-state index is 12.4. The van der Waals surface area contributed by atoms with Crippen LogP contribution in [0.4, 0.5) is 0 Å². The lowest BCUT2D eigenvalue weighted by molar-refractivity contribution is -0.140. The molecule has 2 fully saturated rings. The van der Waals surface area contributed by atoms with Crippen molar-refractivity contribution in [1.82, 2.24) is 14.4 Å². The summed E-state index contributed by atoms with van der Waals surface area (Å²) in [7, 11) is 3.79. The lowest BCUT2D eigenvalue weighted by atomic mass is 9.68. The Kier molecular flexibility index (Phi) is 5.68. The molecule has 1 N–H and O–H groups in total. The van der Waals surface area contributed by atoms with Crippen molar-refractivity contribution in [1.29, 1.82) is 0 Å². The van der Waals surface area contributed by atoms with E-state index in [4.69, 9.17) is 9.47 Å². The van der Waals surface area contributed by atoms with Crippen LogP contribution >= 0.6 is 0 Å². The number of carbonyl (C=O) groups is 1. The number of likely N-dealkylation sites (tertiary alicyclic amines) is 1. The first-order chi connectivity index (χ1) is 15.5. The Morgan fingerprint density at radius 3 is 2.66 bits per heavy atom. The van der Waals surface area contributed by atoms with Crippen molar-refractivity contribution in [3.05, 3.63) is 29.5 Å². The number of aryl methyl sites for hydroxylation is 1. The van der Waals surface area contributed by atoms with Crippen molar-refractivity contribution in [2.24, 2.45) is 13.0 Å². The molecule has 4 heterocycles. The minimum absolute atomic E-state index is 0.0437. The second-order valence-corrected chi connectivity index (χ2v) is 9.77. The maximum absolute atomic E-state index is 12.4. The molecule has 7 nitrogen and oxygen atoms in total. The summed E-state index contributed by atoms with van der Waals surface area (Å²) >= 11 is 0. The molecule has 1 spiro atoms. The molecule has 32 heavy (non-hydrogen) atoms. The quantitative estimate of drug-likeness (QED) is 0.772. The van der Waals surface area contributed by atoms with E-state index in [-0.39, 0.29) is 24.0 Å². The molecule has 5 rings (SSSR count). The number of aliphatic hydroxyl groups excluding tert-OH is 1. The molecule has 1 amide bonds. The number of aliphatic hydroxyl groups is 1. The smallest absolute Gasteiger partial charge is 0.222 e. The van der Waals surface area contributed by atoms with Crippen LogP contribution in [0.15, 0.2) is 18.2 Å². The van der Waals surface area contributed by atoms with E-state index in [0.717, 1.165) is 63.5 Å². The highest BCUT2D eigenvalue weighted by Crippen LogP contribution is 2.50. The van der Waals surface area contributed by atoms with Gasteiger partial charge in [-0.2, -0.15) is 0 Å². The van der Waals surface area contributed by atoms with E-state index in [2.05, 4.69) is 28.6 Å². The average molecular weight is 442 g/mol. The number of aromatic nitrogens is 1. The van der Waals surface area contributed by atoms with E-state index in [1.165, 1.54) is 16.6 Å². The average Bonchev–Trinajstić information content (AvgIpc) is 3.09. The highest BCUT2D eigenvalue weighted by molar-refractivity contribution is 5.89. The van der Waals surface area contributed by atoms with Crippen LogP contribution in [0, 0.1) is 5.92 Å². The number of rotatable bonds is 5. The summed E-state index contributed by atoms with van der Waals surface area (Å²) in [5, 5.41) is 11.8. The first-order valence-corrected chi connectivity index (χ1v) is 11.9. The van der Waals surface area contributed by atoms with E-state index in [0.29, 0.717) is 12.3 Å². The Morgan fingerprint density at radius 2 is 2.00 bits per heavy atom. The van der Waals surface area contributed by atoms with Crippen LogP contribution in [0.5, 0.6) is 5.75 Å². The number of nitrogens with zero attached hydrogens (tertiary/aromatic N) is 3. The minimum atomic E-state index is -0.0922. The van der Waals surface area contributed by atoms with E-state index in [9.17, 15) is 9.90 Å². The standard InChI is InChI=1S/C25H35N3O4/c1-4-22(30)28-15-25(16-28)14-27(12-17-7-9-32-10-8-17)21(13-29)24-23(25)19-6-5-18(31-3)11-20(19)26(24)2/h5-6,11,17,21,29H,4,7-10,12-16H2,1-3H3/t21-/m1/s1. The van der Waals surface area contributed by atoms with Crippen molar-refractivity contribution < 1.29 is 19.4 Å². The fraction of sp³-hybridized carbons (Fsp3) is 0.640. The molecule has 0 aliphatic carbocycles. The lowest BCUT2D eigenvalue weighted by Gasteiger charge is -2.57. The van der Waals surface area contributed by atoms with Crippen molar-refractivity contribution in [3.8, 4) is 5.75 Å². The fourth-order valence-corrected chi connectivity index (χ4v) is 6.26. The van der Waals surface area contributed by atoms with Crippen molar-refractivity contribution in [2.45, 2.75) is 37.6 Å². The van der Waals surface area contributed by atoms with Crippen LogP contribution in [-0.2, 0) is 22.0 Å². The maximum Gasteiger partial charge on any atom is 0.222 e. The molecule has 0 unspecified atom stereocenters. The SMILES string of the molecule is CCC(=O)N1CC2(C1)CN(CC1CCOCC1)[C@H](CO)c1c2c2ccc(OC)cc2n1C. The number of methoxy groups -OCH3 is 1. The number of carbonyl (C=O) groups excluding carboxylic acids is 1. The van der Waals surface area contributed by atoms with Crippen LogP contribution in [0.3, 0.4) is 0 Å². The zero-order chi connectivity index (χ0) is 22.5. The first kappa shape index (κ1) is 21.7. The third kappa shape index (κ3) is 3.33. The number of fused-ring (bicyclic) bond motifs is 4. The van der Waals surface area contributed by atoms with Crippen LogP contribution in [0.25, 0.3) is 10.9 Å². The Hall–Kier alpha value is -2.09. The van der Waals surface area contributed by atoms with Crippen LogP contribution in [-0.4, -0.2) is 78.5 Å². The Bertz CT molecular complexity index is 1000. The fourth-order valence-electron chi connectivity index (χ4n) is 6.26. The second-order valence-electron chi connectivity index (χ2n) is 9.77. The van der Waals surface area contributed by atoms with Crippen molar-refractivity contribution in [3.63, 3.8) is 0 Å².